The maximum Gasteiger partial charge on any atom is 0.213 e. The van der Waals surface area contributed by atoms with E-state index < -0.39 is 0 Å². The van der Waals surface area contributed by atoms with Crippen molar-refractivity contribution in [1.29, 1.82) is 0 Å². The van der Waals surface area contributed by atoms with Crippen LogP contribution in [0.15, 0.2) is 23.3 Å². The summed E-state index contributed by atoms with van der Waals surface area (Å²) < 4.78 is 5.70. The molecule has 0 saturated heterocycles. The van der Waals surface area contributed by atoms with Gasteiger partial charge in [0.05, 0.1) is 6.61 Å². The van der Waals surface area contributed by atoms with Gasteiger partial charge in [-0.1, -0.05) is 6.92 Å². The summed E-state index contributed by atoms with van der Waals surface area (Å²) >= 11 is 0. The van der Waals surface area contributed by atoms with E-state index in [9.17, 15) is 0 Å². The van der Waals surface area contributed by atoms with Crippen molar-refractivity contribution in [2.24, 2.45) is 10.9 Å². The molecule has 5 nitrogen and oxygen atoms in total. The Kier molecular flexibility index (Phi) is 5.84. The number of guanidine groups is 1. The lowest BCUT2D eigenvalue weighted by Crippen LogP contribution is -2.41. The Morgan fingerprint density at radius 1 is 1.52 bits per heavy atom. The highest BCUT2D eigenvalue weighted by molar-refractivity contribution is 5.79. The first-order chi connectivity index (χ1) is 10.2. The summed E-state index contributed by atoms with van der Waals surface area (Å²) in [5, 5.41) is 6.65. The van der Waals surface area contributed by atoms with Crippen LogP contribution in [0.25, 0.3) is 0 Å². The van der Waals surface area contributed by atoms with Gasteiger partial charge in [0, 0.05) is 31.9 Å². The monoisotopic (exact) mass is 290 g/mol. The van der Waals surface area contributed by atoms with Gasteiger partial charge >= 0.3 is 0 Å². The molecule has 0 radical (unpaired) electrons. The average molecular weight is 290 g/mol. The normalized spacial score (nSPS) is 16.4. The number of nitrogens with one attached hydrogen (secondary N) is 2. The van der Waals surface area contributed by atoms with Crippen molar-refractivity contribution in [3.8, 4) is 5.88 Å². The molecule has 0 aromatic carbocycles. The molecule has 1 aromatic rings. The highest BCUT2D eigenvalue weighted by Gasteiger charge is 2.22. The van der Waals surface area contributed by atoms with Gasteiger partial charge in [0.15, 0.2) is 5.96 Å². The average Bonchev–Trinajstić information content (AvgIpc) is 3.33. The van der Waals surface area contributed by atoms with Crippen LogP contribution >= 0.6 is 0 Å². The van der Waals surface area contributed by atoms with Crippen molar-refractivity contribution < 1.29 is 4.74 Å². The Bertz CT molecular complexity index is 471. The summed E-state index contributed by atoms with van der Waals surface area (Å²) in [6, 6.07) is 4.39. The zero-order valence-corrected chi connectivity index (χ0v) is 13.2. The molecule has 1 heterocycles. The van der Waals surface area contributed by atoms with Crippen molar-refractivity contribution in [2.45, 2.75) is 45.7 Å². The van der Waals surface area contributed by atoms with Gasteiger partial charge in [-0.05, 0) is 43.7 Å². The van der Waals surface area contributed by atoms with E-state index in [1.54, 1.807) is 13.2 Å². The number of aliphatic imine (C=N–C) groups is 1. The van der Waals surface area contributed by atoms with E-state index in [4.69, 9.17) is 4.74 Å². The lowest BCUT2D eigenvalue weighted by molar-refractivity contribution is 0.288. The number of pyridine rings is 1. The number of rotatable bonds is 7. The summed E-state index contributed by atoms with van der Waals surface area (Å²) in [6.45, 7) is 5.79. The molecule has 1 saturated carbocycles. The molecule has 1 aliphatic rings. The van der Waals surface area contributed by atoms with Crippen molar-refractivity contribution >= 4 is 5.96 Å². The number of nitrogens with zero attached hydrogens (tertiary/aromatic N) is 2. The third-order valence-corrected chi connectivity index (χ3v) is 3.64. The summed E-state index contributed by atoms with van der Waals surface area (Å²) in [7, 11) is 1.79. The molecule has 1 aromatic heterocycles. The van der Waals surface area contributed by atoms with E-state index in [1.807, 2.05) is 12.1 Å². The Morgan fingerprint density at radius 2 is 2.33 bits per heavy atom. The predicted molar refractivity (Wildman–Crippen MR) is 85.5 cm³/mol. The van der Waals surface area contributed by atoms with Gasteiger partial charge in [-0.15, -0.1) is 0 Å². The van der Waals surface area contributed by atoms with Crippen LogP contribution in [0, 0.1) is 5.92 Å². The molecule has 21 heavy (non-hydrogen) atoms. The lowest BCUT2D eigenvalue weighted by atomic mass is 10.2. The Morgan fingerprint density at radius 3 is 3.00 bits per heavy atom. The van der Waals surface area contributed by atoms with Crippen LogP contribution in [-0.2, 0) is 6.54 Å². The van der Waals surface area contributed by atoms with E-state index in [-0.39, 0.29) is 0 Å². The molecule has 1 aliphatic carbocycles. The largest absolute Gasteiger partial charge is 0.477 e. The molecule has 0 bridgehead atoms. The van der Waals surface area contributed by atoms with Gasteiger partial charge in [-0.3, -0.25) is 4.99 Å². The van der Waals surface area contributed by atoms with Crippen LogP contribution < -0.4 is 15.4 Å². The molecule has 5 heteroatoms. The summed E-state index contributed by atoms with van der Waals surface area (Å²) in [5.74, 6) is 2.28. The maximum atomic E-state index is 5.70. The van der Waals surface area contributed by atoms with E-state index in [1.165, 1.54) is 12.8 Å². The smallest absolute Gasteiger partial charge is 0.213 e. The quantitative estimate of drug-likeness (QED) is 0.598. The summed E-state index contributed by atoms with van der Waals surface area (Å²) in [4.78, 5) is 8.48. The SMILES string of the molecule is CCC(C)NC(=NC)NCc1ccnc(OCC2CC2)c1. The standard InChI is InChI=1S/C16H26N4O/c1-4-12(2)20-16(17-3)19-10-14-7-8-18-15(9-14)21-11-13-5-6-13/h7-9,12-13H,4-6,10-11H2,1-3H3,(H2,17,19,20). The minimum atomic E-state index is 0.408. The van der Waals surface area contributed by atoms with Crippen LogP contribution in [-0.4, -0.2) is 30.6 Å². The van der Waals surface area contributed by atoms with Crippen LogP contribution in [0.4, 0.5) is 0 Å². The van der Waals surface area contributed by atoms with Gasteiger partial charge in [-0.2, -0.15) is 0 Å². The molecule has 2 N–H and O–H groups in total. The van der Waals surface area contributed by atoms with Crippen LogP contribution in [0.2, 0.25) is 0 Å². The lowest BCUT2D eigenvalue weighted by Gasteiger charge is -2.16. The zero-order valence-electron chi connectivity index (χ0n) is 13.2. The number of hydrogen-bond donors (Lipinski definition) is 2. The van der Waals surface area contributed by atoms with Crippen molar-refractivity contribution in [3.63, 3.8) is 0 Å². The fourth-order valence-electron chi connectivity index (χ4n) is 1.84. The fraction of sp³-hybridized carbons (Fsp3) is 0.625. The van der Waals surface area contributed by atoms with Gasteiger partial charge in [0.2, 0.25) is 5.88 Å². The molecule has 1 fully saturated rings. The molecular formula is C16H26N4O. The van der Waals surface area contributed by atoms with E-state index in [0.29, 0.717) is 18.5 Å². The van der Waals surface area contributed by atoms with Crippen molar-refractivity contribution in [3.05, 3.63) is 23.9 Å². The van der Waals surface area contributed by atoms with E-state index in [2.05, 4.69) is 34.5 Å². The van der Waals surface area contributed by atoms with E-state index >= 15 is 0 Å². The number of aromatic nitrogens is 1. The number of hydrogen-bond acceptors (Lipinski definition) is 3. The van der Waals surface area contributed by atoms with Gasteiger partial charge in [0.1, 0.15) is 0 Å². The van der Waals surface area contributed by atoms with Crippen LogP contribution in [0.3, 0.4) is 0 Å². The second-order valence-corrected chi connectivity index (χ2v) is 5.64. The third kappa shape index (κ3) is 5.61. The first-order valence-corrected chi connectivity index (χ1v) is 7.76. The van der Waals surface area contributed by atoms with E-state index in [0.717, 1.165) is 30.5 Å². The first kappa shape index (κ1) is 15.6. The molecule has 0 spiro atoms. The molecule has 1 atom stereocenters. The van der Waals surface area contributed by atoms with Crippen molar-refractivity contribution in [1.82, 2.24) is 15.6 Å². The topological polar surface area (TPSA) is 58.5 Å². The second kappa shape index (κ2) is 7.86. The Labute approximate surface area is 127 Å². The Balaban J connectivity index is 1.82. The minimum absolute atomic E-state index is 0.408. The van der Waals surface area contributed by atoms with Gasteiger partial charge in [-0.25, -0.2) is 4.98 Å². The predicted octanol–water partition coefficient (Wildman–Crippen LogP) is 2.33. The van der Waals surface area contributed by atoms with Crippen LogP contribution in [0.1, 0.15) is 38.7 Å². The van der Waals surface area contributed by atoms with Gasteiger partial charge in [0.25, 0.3) is 0 Å². The van der Waals surface area contributed by atoms with Crippen molar-refractivity contribution in [2.75, 3.05) is 13.7 Å². The zero-order chi connectivity index (χ0) is 15.1. The Hall–Kier alpha value is -1.78. The molecule has 116 valence electrons. The third-order valence-electron chi connectivity index (χ3n) is 3.64. The highest BCUT2D eigenvalue weighted by atomic mass is 16.5. The second-order valence-electron chi connectivity index (χ2n) is 5.64. The fourth-order valence-corrected chi connectivity index (χ4v) is 1.84. The first-order valence-electron chi connectivity index (χ1n) is 7.76. The van der Waals surface area contributed by atoms with Crippen LogP contribution in [0.5, 0.6) is 5.88 Å². The molecule has 0 aliphatic heterocycles. The number of ether oxygens (including phenoxy) is 1. The highest BCUT2D eigenvalue weighted by Crippen LogP contribution is 2.29. The molecule has 2 rings (SSSR count). The molecule has 1 unspecified atom stereocenters. The molecular weight excluding hydrogens is 264 g/mol. The molecule has 0 amide bonds. The summed E-state index contributed by atoms with van der Waals surface area (Å²) in [5.41, 5.74) is 1.14. The minimum Gasteiger partial charge on any atom is -0.477 e. The summed E-state index contributed by atoms with van der Waals surface area (Å²) in [6.07, 6.45) is 5.44. The maximum absolute atomic E-state index is 5.70. The van der Waals surface area contributed by atoms with Gasteiger partial charge < -0.3 is 15.4 Å².